The summed E-state index contributed by atoms with van der Waals surface area (Å²) in [5.41, 5.74) is 1.76. The van der Waals surface area contributed by atoms with Gasteiger partial charge in [-0.05, 0) is 76.0 Å². The monoisotopic (exact) mass is 474 g/mol. The third-order valence-corrected chi connectivity index (χ3v) is 6.75. The average molecular weight is 476 g/mol. The summed E-state index contributed by atoms with van der Waals surface area (Å²) in [6, 6.07) is 8.41. The van der Waals surface area contributed by atoms with Crippen molar-refractivity contribution in [2.45, 2.75) is 43.9 Å². The van der Waals surface area contributed by atoms with Crippen LogP contribution in [-0.2, 0) is 6.54 Å². The molecule has 0 bridgehead atoms. The number of likely N-dealkylation sites (tertiary alicyclic amines) is 1. The predicted molar refractivity (Wildman–Crippen MR) is 131 cm³/mol. The van der Waals surface area contributed by atoms with Crippen LogP contribution in [0.5, 0.6) is 5.75 Å². The summed E-state index contributed by atoms with van der Waals surface area (Å²) >= 11 is 0. The van der Waals surface area contributed by atoms with Crippen LogP contribution in [-0.4, -0.2) is 86.0 Å². The van der Waals surface area contributed by atoms with Gasteiger partial charge in [0.15, 0.2) is 0 Å². The molecule has 1 aliphatic carbocycles. The summed E-state index contributed by atoms with van der Waals surface area (Å²) in [6.45, 7) is 8.72. The van der Waals surface area contributed by atoms with Crippen molar-refractivity contribution in [1.82, 2.24) is 20.4 Å². The number of halogens is 2. The summed E-state index contributed by atoms with van der Waals surface area (Å²) in [7, 11) is 2.02. The molecule has 1 unspecified atom stereocenters. The van der Waals surface area contributed by atoms with Crippen molar-refractivity contribution >= 4 is 24.8 Å². The molecule has 3 fully saturated rings. The minimum absolute atomic E-state index is 0. The van der Waals surface area contributed by atoms with E-state index in [2.05, 4.69) is 32.6 Å². The van der Waals surface area contributed by atoms with Gasteiger partial charge in [-0.25, -0.2) is 0 Å². The SMILES string of the molecule is CNCC1CCN(CC(O)COc2ccc(CN3CCNC4(CC4)C3)cc2)CC1.Cl.Cl. The van der Waals surface area contributed by atoms with E-state index in [-0.39, 0.29) is 24.8 Å². The molecule has 2 saturated heterocycles. The van der Waals surface area contributed by atoms with Gasteiger partial charge < -0.3 is 25.4 Å². The number of piperidine rings is 1. The molecule has 1 aromatic rings. The number of nitrogens with zero attached hydrogens (tertiary/aromatic N) is 2. The fraction of sp³-hybridized carbons (Fsp3) is 0.739. The largest absolute Gasteiger partial charge is 0.491 e. The zero-order chi connectivity index (χ0) is 20.1. The van der Waals surface area contributed by atoms with E-state index in [9.17, 15) is 5.11 Å². The third kappa shape index (κ3) is 8.04. The van der Waals surface area contributed by atoms with Crippen molar-refractivity contribution < 1.29 is 9.84 Å². The number of hydrogen-bond acceptors (Lipinski definition) is 6. The number of benzene rings is 1. The molecule has 1 aromatic carbocycles. The maximum Gasteiger partial charge on any atom is 0.119 e. The number of rotatable bonds is 9. The summed E-state index contributed by atoms with van der Waals surface area (Å²) < 4.78 is 5.85. The lowest BCUT2D eigenvalue weighted by Crippen LogP contribution is -2.51. The molecule has 1 spiro atoms. The summed E-state index contributed by atoms with van der Waals surface area (Å²) in [5.74, 6) is 1.62. The molecule has 31 heavy (non-hydrogen) atoms. The minimum Gasteiger partial charge on any atom is -0.491 e. The second-order valence-corrected chi connectivity index (χ2v) is 9.33. The highest BCUT2D eigenvalue weighted by atomic mass is 35.5. The lowest BCUT2D eigenvalue weighted by molar-refractivity contribution is 0.0551. The van der Waals surface area contributed by atoms with Crippen molar-refractivity contribution in [3.8, 4) is 5.75 Å². The van der Waals surface area contributed by atoms with Crippen LogP contribution in [0.2, 0.25) is 0 Å². The Morgan fingerprint density at radius 1 is 1.13 bits per heavy atom. The third-order valence-electron chi connectivity index (χ3n) is 6.75. The van der Waals surface area contributed by atoms with E-state index < -0.39 is 6.10 Å². The molecular formula is C23H40Cl2N4O2. The Balaban J connectivity index is 0.00000171. The maximum atomic E-state index is 10.4. The molecule has 3 aliphatic rings. The van der Waals surface area contributed by atoms with Crippen molar-refractivity contribution in [3.63, 3.8) is 0 Å². The normalized spacial score (nSPS) is 22.4. The quantitative estimate of drug-likeness (QED) is 0.509. The first kappa shape index (κ1) is 26.7. The first-order valence-corrected chi connectivity index (χ1v) is 11.4. The molecule has 1 atom stereocenters. The molecular weight excluding hydrogens is 435 g/mol. The first-order chi connectivity index (χ1) is 14.1. The molecule has 2 heterocycles. The fourth-order valence-corrected chi connectivity index (χ4v) is 4.82. The van der Waals surface area contributed by atoms with Crippen LogP contribution in [0.3, 0.4) is 0 Å². The number of nitrogens with one attached hydrogen (secondary N) is 2. The van der Waals surface area contributed by atoms with Gasteiger partial charge in [-0.2, -0.15) is 0 Å². The predicted octanol–water partition coefficient (Wildman–Crippen LogP) is 2.14. The van der Waals surface area contributed by atoms with Crippen molar-refractivity contribution in [1.29, 1.82) is 0 Å². The van der Waals surface area contributed by atoms with Gasteiger partial charge >= 0.3 is 0 Å². The average Bonchev–Trinajstić information content (AvgIpc) is 3.47. The number of ether oxygens (including phenoxy) is 1. The summed E-state index contributed by atoms with van der Waals surface area (Å²) in [5, 5.41) is 17.3. The van der Waals surface area contributed by atoms with Crippen LogP contribution in [0, 0.1) is 5.92 Å². The van der Waals surface area contributed by atoms with Crippen LogP contribution in [0.1, 0.15) is 31.2 Å². The van der Waals surface area contributed by atoms with Gasteiger partial charge in [0.2, 0.25) is 0 Å². The standard InChI is InChI=1S/C23H38N4O2.2ClH/c1-24-14-19-6-11-26(12-7-19)16-21(28)17-29-22-4-2-20(3-5-22)15-27-13-10-25-23(18-27)8-9-23;;/h2-5,19,21,24-25,28H,6-18H2,1H3;2*1H. The Kier molecular flexibility index (Phi) is 10.8. The van der Waals surface area contributed by atoms with Crippen LogP contribution in [0.25, 0.3) is 0 Å². The zero-order valence-electron chi connectivity index (χ0n) is 18.7. The van der Waals surface area contributed by atoms with E-state index in [4.69, 9.17) is 4.74 Å². The highest BCUT2D eigenvalue weighted by molar-refractivity contribution is 5.85. The Morgan fingerprint density at radius 2 is 1.84 bits per heavy atom. The van der Waals surface area contributed by atoms with Gasteiger partial charge in [-0.3, -0.25) is 4.90 Å². The molecule has 8 heteroatoms. The molecule has 178 valence electrons. The van der Waals surface area contributed by atoms with Gasteiger partial charge in [0.05, 0.1) is 0 Å². The van der Waals surface area contributed by atoms with Crippen molar-refractivity contribution in [2.75, 3.05) is 59.5 Å². The maximum absolute atomic E-state index is 10.4. The fourth-order valence-electron chi connectivity index (χ4n) is 4.82. The van der Waals surface area contributed by atoms with Crippen molar-refractivity contribution in [2.24, 2.45) is 5.92 Å². The van der Waals surface area contributed by atoms with Gasteiger partial charge in [0, 0.05) is 38.3 Å². The molecule has 0 aromatic heterocycles. The zero-order valence-corrected chi connectivity index (χ0v) is 20.4. The molecule has 0 amide bonds. The molecule has 2 aliphatic heterocycles. The van der Waals surface area contributed by atoms with E-state index >= 15 is 0 Å². The van der Waals surface area contributed by atoms with Gasteiger partial charge in [0.1, 0.15) is 18.5 Å². The Hall–Kier alpha value is -0.600. The number of hydrogen-bond donors (Lipinski definition) is 3. The van der Waals surface area contributed by atoms with Gasteiger partial charge in [0.25, 0.3) is 0 Å². The molecule has 6 nitrogen and oxygen atoms in total. The lowest BCUT2D eigenvalue weighted by atomic mass is 9.97. The highest BCUT2D eigenvalue weighted by Gasteiger charge is 2.45. The number of aliphatic hydroxyl groups is 1. The summed E-state index contributed by atoms with van der Waals surface area (Å²) in [6.07, 6.45) is 4.64. The van der Waals surface area contributed by atoms with Crippen LogP contribution >= 0.6 is 24.8 Å². The smallest absolute Gasteiger partial charge is 0.119 e. The van der Waals surface area contributed by atoms with E-state index in [0.29, 0.717) is 18.7 Å². The Bertz CT molecular complexity index is 637. The van der Waals surface area contributed by atoms with Crippen LogP contribution < -0.4 is 15.4 Å². The van der Waals surface area contributed by atoms with E-state index in [0.717, 1.165) is 50.9 Å². The lowest BCUT2D eigenvalue weighted by Gasteiger charge is -2.34. The first-order valence-electron chi connectivity index (χ1n) is 11.4. The van der Waals surface area contributed by atoms with E-state index in [1.54, 1.807) is 0 Å². The second kappa shape index (κ2) is 12.6. The number of piperazine rings is 1. The Labute approximate surface area is 199 Å². The number of aliphatic hydroxyl groups excluding tert-OH is 1. The van der Waals surface area contributed by atoms with Gasteiger partial charge in [-0.15, -0.1) is 24.8 Å². The van der Waals surface area contributed by atoms with E-state index in [1.165, 1.54) is 37.8 Å². The topological polar surface area (TPSA) is 60.0 Å². The molecule has 0 radical (unpaired) electrons. The highest BCUT2D eigenvalue weighted by Crippen LogP contribution is 2.37. The molecule has 3 N–H and O–H groups in total. The second-order valence-electron chi connectivity index (χ2n) is 9.33. The minimum atomic E-state index is -0.439. The van der Waals surface area contributed by atoms with Gasteiger partial charge in [-0.1, -0.05) is 12.1 Å². The molecule has 1 saturated carbocycles. The molecule has 4 rings (SSSR count). The van der Waals surface area contributed by atoms with E-state index in [1.807, 2.05) is 19.2 Å². The summed E-state index contributed by atoms with van der Waals surface area (Å²) in [4.78, 5) is 4.92. The van der Waals surface area contributed by atoms with Crippen molar-refractivity contribution in [3.05, 3.63) is 29.8 Å². The Morgan fingerprint density at radius 3 is 2.48 bits per heavy atom. The van der Waals surface area contributed by atoms with Crippen LogP contribution in [0.4, 0.5) is 0 Å². The van der Waals surface area contributed by atoms with Crippen LogP contribution in [0.15, 0.2) is 24.3 Å². The number of β-amino-alcohol motifs (C(OH)–C–C–N with tert-alkyl or cyclic N) is 1.